The number of aliphatic hydroxyl groups excluding tert-OH is 3. The number of aliphatic hydroxyl groups is 3. The number of rotatable bonds is 20. The van der Waals surface area contributed by atoms with Crippen molar-refractivity contribution in [2.75, 3.05) is 12.8 Å². The standard InChI is InChI=1S/C17H31ClN2O5S.C16H32O2/c1-4-9-5-6-19-10(7-9)16(24)20-11(8(2)18)15-13(22)12(21)14(23)17(25-15)26-3;1-2-3-4-5-6-7-8-9-10-11-12-13-14-15-16(17)18/h8-15,17,19,21-23H,4-7H2,1-3H3,(H,20,24);2-15H2,1H3,(H,17,18)/t8-,9+,10-,11+,12-,13+,14+,15+,17+;/m0./s1. The van der Waals surface area contributed by atoms with Crippen LogP contribution in [0.15, 0.2) is 0 Å². The molecule has 0 aromatic heterocycles. The molecule has 6 N–H and O–H groups in total. The smallest absolute Gasteiger partial charge is 0.303 e. The molecule has 0 aromatic rings. The van der Waals surface area contributed by atoms with Crippen LogP contribution in [0.25, 0.3) is 0 Å². The molecule has 2 aliphatic heterocycles. The lowest BCUT2D eigenvalue weighted by molar-refractivity contribution is -0.205. The predicted molar refractivity (Wildman–Crippen MR) is 180 cm³/mol. The number of thioether (sulfide) groups is 1. The highest BCUT2D eigenvalue weighted by Gasteiger charge is 2.48. The molecule has 2 fully saturated rings. The zero-order valence-corrected chi connectivity index (χ0v) is 29.3. The van der Waals surface area contributed by atoms with Crippen molar-refractivity contribution in [1.29, 1.82) is 0 Å². The van der Waals surface area contributed by atoms with Crippen LogP contribution >= 0.6 is 23.4 Å². The Morgan fingerprint density at radius 1 is 0.909 bits per heavy atom. The first-order valence-electron chi connectivity index (χ1n) is 17.2. The molecule has 44 heavy (non-hydrogen) atoms. The minimum atomic E-state index is -1.36. The van der Waals surface area contributed by atoms with Crippen molar-refractivity contribution in [1.82, 2.24) is 10.6 Å². The summed E-state index contributed by atoms with van der Waals surface area (Å²) >= 11 is 7.51. The molecule has 0 spiro atoms. The van der Waals surface area contributed by atoms with Crippen LogP contribution in [0, 0.1) is 5.92 Å². The molecule has 2 heterocycles. The van der Waals surface area contributed by atoms with E-state index in [0.717, 1.165) is 38.6 Å². The third-order valence-corrected chi connectivity index (χ3v) is 10.0. The summed E-state index contributed by atoms with van der Waals surface area (Å²) in [6, 6.07) is -1.00. The lowest BCUT2D eigenvalue weighted by atomic mass is 9.89. The molecule has 260 valence electrons. The third kappa shape index (κ3) is 16.3. The van der Waals surface area contributed by atoms with E-state index in [2.05, 4.69) is 24.5 Å². The van der Waals surface area contributed by atoms with Gasteiger partial charge in [-0.1, -0.05) is 97.3 Å². The van der Waals surface area contributed by atoms with E-state index in [1.54, 1.807) is 13.2 Å². The number of carboxylic acids is 1. The summed E-state index contributed by atoms with van der Waals surface area (Å²) in [5.41, 5.74) is -0.703. The van der Waals surface area contributed by atoms with Gasteiger partial charge in [0, 0.05) is 6.42 Å². The van der Waals surface area contributed by atoms with Crippen molar-refractivity contribution in [3.63, 3.8) is 0 Å². The molecular formula is C33H63ClN2O7S. The number of hydrogen-bond acceptors (Lipinski definition) is 8. The van der Waals surface area contributed by atoms with Gasteiger partial charge in [0.15, 0.2) is 0 Å². The van der Waals surface area contributed by atoms with Gasteiger partial charge in [-0.05, 0) is 44.9 Å². The van der Waals surface area contributed by atoms with Gasteiger partial charge >= 0.3 is 5.97 Å². The first-order valence-corrected chi connectivity index (χ1v) is 18.9. The van der Waals surface area contributed by atoms with E-state index in [4.69, 9.17) is 21.4 Å². The second kappa shape index (κ2) is 24.5. The molecule has 9 nitrogen and oxygen atoms in total. The van der Waals surface area contributed by atoms with E-state index in [0.29, 0.717) is 12.3 Å². The van der Waals surface area contributed by atoms with Gasteiger partial charge in [-0.15, -0.1) is 23.4 Å². The average Bonchev–Trinajstić information content (AvgIpc) is 3.01. The predicted octanol–water partition coefficient (Wildman–Crippen LogP) is 5.60. The van der Waals surface area contributed by atoms with E-state index < -0.39 is 47.2 Å². The second-order valence-corrected chi connectivity index (χ2v) is 14.2. The van der Waals surface area contributed by atoms with E-state index >= 15 is 0 Å². The van der Waals surface area contributed by atoms with Gasteiger partial charge in [0.2, 0.25) is 5.91 Å². The summed E-state index contributed by atoms with van der Waals surface area (Å²) in [6.45, 7) is 6.88. The van der Waals surface area contributed by atoms with Gasteiger partial charge in [-0.2, -0.15) is 0 Å². The highest BCUT2D eigenvalue weighted by molar-refractivity contribution is 7.99. The number of ether oxygens (including phenoxy) is 1. The molecule has 9 atom stereocenters. The number of unbranched alkanes of at least 4 members (excludes halogenated alkanes) is 12. The molecular weight excluding hydrogens is 604 g/mol. The van der Waals surface area contributed by atoms with E-state index in [1.807, 2.05) is 0 Å². The van der Waals surface area contributed by atoms with Crippen molar-refractivity contribution >= 4 is 35.2 Å². The fourth-order valence-corrected chi connectivity index (χ4v) is 6.83. The number of aliphatic carboxylic acids is 1. The Labute approximate surface area is 276 Å². The van der Waals surface area contributed by atoms with E-state index in [1.165, 1.54) is 82.4 Å². The third-order valence-electron chi connectivity index (χ3n) is 8.90. The number of hydrogen-bond donors (Lipinski definition) is 6. The second-order valence-electron chi connectivity index (χ2n) is 12.6. The van der Waals surface area contributed by atoms with Crippen LogP contribution in [0.5, 0.6) is 0 Å². The molecule has 0 bridgehead atoms. The first kappa shape index (κ1) is 41.4. The quantitative estimate of drug-likeness (QED) is 0.0721. The summed E-state index contributed by atoms with van der Waals surface area (Å²) in [4.78, 5) is 23.0. The number of carbonyl (C=O) groups excluding carboxylic acids is 1. The molecule has 2 aliphatic rings. The van der Waals surface area contributed by atoms with E-state index in [-0.39, 0.29) is 11.9 Å². The minimum absolute atomic E-state index is 0.183. The maximum absolute atomic E-state index is 12.7. The Morgan fingerprint density at radius 2 is 1.45 bits per heavy atom. The largest absolute Gasteiger partial charge is 0.481 e. The Kier molecular flexibility index (Phi) is 23.1. The minimum Gasteiger partial charge on any atom is -0.481 e. The normalized spacial score (nSPS) is 28.4. The monoisotopic (exact) mass is 666 g/mol. The van der Waals surface area contributed by atoms with Crippen LogP contribution in [-0.4, -0.2) is 92.4 Å². The van der Waals surface area contributed by atoms with Crippen LogP contribution in [-0.2, 0) is 14.3 Å². The summed E-state index contributed by atoms with van der Waals surface area (Å²) in [7, 11) is 0. The topological polar surface area (TPSA) is 148 Å². The summed E-state index contributed by atoms with van der Waals surface area (Å²) < 4.78 is 5.77. The van der Waals surface area contributed by atoms with Crippen LogP contribution in [0.2, 0.25) is 0 Å². The highest BCUT2D eigenvalue weighted by Crippen LogP contribution is 2.30. The maximum atomic E-state index is 12.7. The van der Waals surface area contributed by atoms with Gasteiger partial charge in [-0.25, -0.2) is 0 Å². The molecule has 0 saturated carbocycles. The van der Waals surface area contributed by atoms with Crippen LogP contribution < -0.4 is 10.6 Å². The molecule has 2 saturated heterocycles. The number of nitrogens with one attached hydrogen (secondary N) is 2. The first-order chi connectivity index (χ1) is 21.1. The summed E-state index contributed by atoms with van der Waals surface area (Å²) in [5.74, 6) is -0.330. The van der Waals surface area contributed by atoms with Gasteiger partial charge in [0.05, 0.1) is 17.5 Å². The Bertz CT molecular complexity index is 764. The van der Waals surface area contributed by atoms with Crippen LogP contribution in [0.1, 0.15) is 130 Å². The zero-order chi connectivity index (χ0) is 32.9. The summed E-state index contributed by atoms with van der Waals surface area (Å²) in [5, 5.41) is 44.6. The van der Waals surface area contributed by atoms with Gasteiger partial charge < -0.3 is 35.8 Å². The Hall–Kier alpha value is -0.620. The number of alkyl halides is 1. The number of piperidine rings is 1. The van der Waals surface area contributed by atoms with E-state index in [9.17, 15) is 24.9 Å². The number of amides is 1. The van der Waals surface area contributed by atoms with Crippen LogP contribution in [0.3, 0.4) is 0 Å². The molecule has 11 heteroatoms. The Morgan fingerprint density at radius 3 is 1.93 bits per heavy atom. The zero-order valence-electron chi connectivity index (χ0n) is 27.7. The lowest BCUT2D eigenvalue weighted by Crippen LogP contribution is -2.65. The van der Waals surface area contributed by atoms with Crippen molar-refractivity contribution < 1.29 is 34.8 Å². The van der Waals surface area contributed by atoms with Crippen molar-refractivity contribution in [3.8, 4) is 0 Å². The molecule has 0 aliphatic carbocycles. The number of carbonyl (C=O) groups is 2. The Balaban J connectivity index is 0.000000474. The molecule has 1 amide bonds. The molecule has 2 rings (SSSR count). The summed E-state index contributed by atoms with van der Waals surface area (Å²) in [6.07, 6.45) is 17.0. The number of carboxylic acid groups (broad SMARTS) is 1. The number of halogens is 1. The SMILES string of the molecule is CCCCCCCCCCCCCCCC(=O)O.CC[C@@H]1CCN[C@H](C(=O)N[C@@H]([C@H]2O[C@H](SC)[C@H](O)[C@@H](O)[C@H]2O)[C@H](C)Cl)C1. The van der Waals surface area contributed by atoms with Crippen LogP contribution in [0.4, 0.5) is 0 Å². The molecule has 0 unspecified atom stereocenters. The van der Waals surface area contributed by atoms with Crippen molar-refractivity contribution in [2.45, 2.75) is 177 Å². The van der Waals surface area contributed by atoms with Gasteiger partial charge in [0.1, 0.15) is 29.9 Å². The average molecular weight is 667 g/mol. The van der Waals surface area contributed by atoms with Gasteiger partial charge in [0.25, 0.3) is 0 Å². The highest BCUT2D eigenvalue weighted by atomic mass is 35.5. The van der Waals surface area contributed by atoms with Crippen molar-refractivity contribution in [2.24, 2.45) is 5.92 Å². The fourth-order valence-electron chi connectivity index (χ4n) is 5.95. The fraction of sp³-hybridized carbons (Fsp3) is 0.939. The molecule has 0 aromatic carbocycles. The van der Waals surface area contributed by atoms with Gasteiger partial charge in [-0.3, -0.25) is 9.59 Å². The maximum Gasteiger partial charge on any atom is 0.303 e. The lowest BCUT2D eigenvalue weighted by Gasteiger charge is -2.44. The molecule has 0 radical (unpaired) electrons. The van der Waals surface area contributed by atoms with Crippen molar-refractivity contribution in [3.05, 3.63) is 0 Å².